The second kappa shape index (κ2) is 5.65. The van der Waals surface area contributed by atoms with Gasteiger partial charge in [0.1, 0.15) is 0 Å². The van der Waals surface area contributed by atoms with E-state index in [0.717, 1.165) is 0 Å². The Bertz CT molecular complexity index is 11.6. The van der Waals surface area contributed by atoms with Crippen LogP contribution in [0.4, 0.5) is 0 Å². The van der Waals surface area contributed by atoms with Gasteiger partial charge in [-0.05, 0) is 0 Å². The summed E-state index contributed by atoms with van der Waals surface area (Å²) in [4.78, 5) is 0. The van der Waals surface area contributed by atoms with Crippen LogP contribution >= 0.6 is 33.2 Å². The Hall–Kier alpha value is 1.65. The maximum absolute atomic E-state index is 4.94. The van der Waals surface area contributed by atoms with Crippen molar-refractivity contribution in [3.05, 3.63) is 0 Å². The fraction of sp³-hybridized carbons (Fsp3) is 0. The van der Waals surface area contributed by atoms with E-state index in [1.807, 2.05) is 0 Å². The zero-order valence-electron chi connectivity index (χ0n) is 2.42. The van der Waals surface area contributed by atoms with Crippen LogP contribution in [-0.4, -0.2) is 24.7 Å². The third-order valence-corrected chi connectivity index (χ3v) is 0. The summed E-state index contributed by atoms with van der Waals surface area (Å²) in [5, 5.41) is 0. The molecule has 0 aliphatic carbocycles. The Balaban J connectivity index is 0. The molecular weight excluding hydrogens is 209 g/mol. The Kier molecular flexibility index (Phi) is 11.1. The summed E-state index contributed by atoms with van der Waals surface area (Å²) in [5.41, 5.74) is 0. The molecule has 34 valence electrons. The van der Waals surface area contributed by atoms with E-state index in [2.05, 4.69) is 0 Å². The minimum atomic E-state index is -1.72. The minimum absolute atomic E-state index is 0. The van der Waals surface area contributed by atoms with Crippen LogP contribution in [0.15, 0.2) is 0 Å². The van der Waals surface area contributed by atoms with E-state index >= 15 is 0 Å². The predicted molar refractivity (Wildman–Crippen MR) is 34.6 cm³/mol. The standard InChI is InChI=1S/AsH3.Cl3HSi/c;1-4(2)3/h1H3;4H. The van der Waals surface area contributed by atoms with Crippen LogP contribution in [0.5, 0.6) is 0 Å². The fourth-order valence-corrected chi connectivity index (χ4v) is 0. The molecule has 0 heterocycles. The summed E-state index contributed by atoms with van der Waals surface area (Å²) < 4.78 is 0. The van der Waals surface area contributed by atoms with Gasteiger partial charge in [0.2, 0.25) is 0 Å². The molecule has 0 aromatic rings. The van der Waals surface area contributed by atoms with Gasteiger partial charge < -0.3 is 0 Å². The van der Waals surface area contributed by atoms with E-state index in [0.29, 0.717) is 0 Å². The van der Waals surface area contributed by atoms with Crippen LogP contribution in [0, 0.1) is 0 Å². The van der Waals surface area contributed by atoms with Gasteiger partial charge in [0.25, 0.3) is 0 Å². The van der Waals surface area contributed by atoms with Gasteiger partial charge in [-0.1, -0.05) is 0 Å². The molecule has 0 saturated carbocycles. The zero-order chi connectivity index (χ0) is 3.58. The second-order valence-electron chi connectivity index (χ2n) is 0.247. The molecule has 0 N–H and O–H groups in total. The van der Waals surface area contributed by atoms with Crippen LogP contribution < -0.4 is 0 Å². The van der Waals surface area contributed by atoms with Gasteiger partial charge in [0.05, 0.1) is 0 Å². The average molecular weight is 213 g/mol. The maximum atomic E-state index is 4.94. The first-order chi connectivity index (χ1) is 1.73. The average Bonchev–Trinajstić information content (AvgIpc) is 0.811. The number of hydrogen-bond acceptors (Lipinski definition) is 0. The molecule has 0 spiro atoms. The van der Waals surface area contributed by atoms with Crippen molar-refractivity contribution in [1.29, 1.82) is 0 Å². The predicted octanol–water partition coefficient (Wildman–Crippen LogP) is 0.236. The molecule has 0 fully saturated rings. The van der Waals surface area contributed by atoms with Crippen molar-refractivity contribution in [2.75, 3.05) is 0 Å². The number of rotatable bonds is 0. The monoisotopic (exact) mass is 212 g/mol. The normalized spacial score (nSPS) is 7.20. The first-order valence-corrected chi connectivity index (χ1v) is 5.89. The van der Waals surface area contributed by atoms with Crippen LogP contribution in [0.1, 0.15) is 0 Å². The molecule has 1 atom stereocenters. The first kappa shape index (κ1) is 9.81. The van der Waals surface area contributed by atoms with Crippen LogP contribution in [0.2, 0.25) is 0 Å². The van der Waals surface area contributed by atoms with E-state index in [4.69, 9.17) is 33.2 Å². The van der Waals surface area contributed by atoms with Crippen LogP contribution in [-0.2, 0) is 0 Å². The van der Waals surface area contributed by atoms with Crippen LogP contribution in [0.25, 0.3) is 0 Å². The van der Waals surface area contributed by atoms with Gasteiger partial charge in [-0.15, -0.1) is 33.2 Å². The zero-order valence-corrected chi connectivity index (χ0v) is 8.81. The quantitative estimate of drug-likeness (QED) is 0.399. The van der Waals surface area contributed by atoms with Gasteiger partial charge in [-0.25, -0.2) is 0 Å². The van der Waals surface area contributed by atoms with Crippen molar-refractivity contribution < 1.29 is 0 Å². The van der Waals surface area contributed by atoms with Crippen molar-refractivity contribution in [3.8, 4) is 0 Å². The Morgan fingerprint density at radius 3 is 1.00 bits per heavy atom. The fourth-order valence-electron chi connectivity index (χ4n) is 0. The molecule has 0 saturated heterocycles. The van der Waals surface area contributed by atoms with E-state index in [-0.39, 0.29) is 18.0 Å². The van der Waals surface area contributed by atoms with Crippen molar-refractivity contribution in [2.24, 2.45) is 0 Å². The molecule has 0 bridgehead atoms. The molecule has 5 heteroatoms. The summed E-state index contributed by atoms with van der Waals surface area (Å²) in [6.45, 7) is -1.72. The molecule has 1 unspecified atom stereocenters. The molecule has 5 heavy (non-hydrogen) atoms. The van der Waals surface area contributed by atoms with E-state index in [1.54, 1.807) is 0 Å². The Labute approximate surface area is 57.8 Å². The molecule has 0 nitrogen and oxygen atoms in total. The van der Waals surface area contributed by atoms with Gasteiger partial charge in [-0.2, -0.15) is 0 Å². The third-order valence-electron chi connectivity index (χ3n) is 0. The molecule has 0 aromatic heterocycles. The molecule has 0 radical (unpaired) electrons. The van der Waals surface area contributed by atoms with E-state index in [9.17, 15) is 0 Å². The van der Waals surface area contributed by atoms with E-state index in [1.165, 1.54) is 0 Å². The van der Waals surface area contributed by atoms with Crippen molar-refractivity contribution in [1.82, 2.24) is 0 Å². The van der Waals surface area contributed by atoms with Gasteiger partial charge in [0.15, 0.2) is 0 Å². The van der Waals surface area contributed by atoms with Crippen molar-refractivity contribution >= 4 is 57.9 Å². The van der Waals surface area contributed by atoms with Crippen molar-refractivity contribution in [3.63, 3.8) is 0 Å². The van der Waals surface area contributed by atoms with E-state index < -0.39 is 6.73 Å². The summed E-state index contributed by atoms with van der Waals surface area (Å²) in [7, 11) is 0. The molecule has 0 aromatic carbocycles. The van der Waals surface area contributed by atoms with Gasteiger partial charge in [0, 0.05) is 0 Å². The SMILES string of the molecule is Cl[SiH](Cl)Cl.[AsH3]. The van der Waals surface area contributed by atoms with Gasteiger partial charge >= 0.3 is 24.7 Å². The first-order valence-electron chi connectivity index (χ1n) is 0.655. The summed E-state index contributed by atoms with van der Waals surface area (Å²) in [6.07, 6.45) is 0. The molecular formula is H4AsCl3Si. The van der Waals surface area contributed by atoms with Gasteiger partial charge in [-0.3, -0.25) is 0 Å². The number of halogens is 3. The third kappa shape index (κ3) is 27.7. The molecule has 0 aliphatic rings. The van der Waals surface area contributed by atoms with Crippen molar-refractivity contribution in [2.45, 2.75) is 0 Å². The number of hydrogen-bond donors (Lipinski definition) is 0. The second-order valence-corrected chi connectivity index (χ2v) is 6.68. The topological polar surface area (TPSA) is 0 Å². The Morgan fingerprint density at radius 1 is 1.00 bits per heavy atom. The summed E-state index contributed by atoms with van der Waals surface area (Å²) in [6, 6.07) is 0. The molecule has 0 amide bonds. The molecule has 0 rings (SSSR count). The Morgan fingerprint density at radius 2 is 1.00 bits per heavy atom. The van der Waals surface area contributed by atoms with Crippen LogP contribution in [0.3, 0.4) is 0 Å². The molecule has 0 aliphatic heterocycles. The summed E-state index contributed by atoms with van der Waals surface area (Å²) in [5.74, 6) is 0. The summed E-state index contributed by atoms with van der Waals surface area (Å²) >= 11 is 14.8.